The third kappa shape index (κ3) is 3.27. The Balaban J connectivity index is 1.92. The minimum absolute atomic E-state index is 0.715. The SMILES string of the molecule is CC(C)CNCCCn1ccc2cccc(Cl)c21. The zero-order valence-corrected chi connectivity index (χ0v) is 11.9. The second-order valence-electron chi connectivity index (χ2n) is 5.14. The summed E-state index contributed by atoms with van der Waals surface area (Å²) in [6.07, 6.45) is 3.25. The molecule has 0 spiro atoms. The van der Waals surface area contributed by atoms with Gasteiger partial charge >= 0.3 is 0 Å². The fourth-order valence-electron chi connectivity index (χ4n) is 2.17. The van der Waals surface area contributed by atoms with Crippen molar-refractivity contribution < 1.29 is 0 Å². The van der Waals surface area contributed by atoms with Gasteiger partial charge in [0.25, 0.3) is 0 Å². The molecule has 3 heteroatoms. The highest BCUT2D eigenvalue weighted by atomic mass is 35.5. The van der Waals surface area contributed by atoms with Crippen LogP contribution >= 0.6 is 11.6 Å². The van der Waals surface area contributed by atoms with Crippen molar-refractivity contribution in [2.75, 3.05) is 13.1 Å². The van der Waals surface area contributed by atoms with E-state index in [0.29, 0.717) is 5.92 Å². The molecule has 1 aromatic carbocycles. The van der Waals surface area contributed by atoms with Gasteiger partial charge in [-0.1, -0.05) is 37.6 Å². The summed E-state index contributed by atoms with van der Waals surface area (Å²) in [4.78, 5) is 0. The molecule has 0 amide bonds. The minimum atomic E-state index is 0.715. The molecule has 2 rings (SSSR count). The first-order valence-electron chi connectivity index (χ1n) is 6.62. The van der Waals surface area contributed by atoms with Crippen LogP contribution in [0.25, 0.3) is 10.9 Å². The summed E-state index contributed by atoms with van der Waals surface area (Å²) in [7, 11) is 0. The number of halogens is 1. The lowest BCUT2D eigenvalue weighted by molar-refractivity contribution is 0.525. The molecule has 1 heterocycles. The molecule has 1 N–H and O–H groups in total. The van der Waals surface area contributed by atoms with E-state index in [0.717, 1.165) is 36.6 Å². The van der Waals surface area contributed by atoms with Gasteiger partial charge in [-0.15, -0.1) is 0 Å². The van der Waals surface area contributed by atoms with Gasteiger partial charge in [0, 0.05) is 18.1 Å². The number of nitrogens with one attached hydrogen (secondary N) is 1. The van der Waals surface area contributed by atoms with E-state index in [9.17, 15) is 0 Å². The van der Waals surface area contributed by atoms with E-state index >= 15 is 0 Å². The maximum atomic E-state index is 6.25. The molecular formula is C15H21ClN2. The average molecular weight is 265 g/mol. The smallest absolute Gasteiger partial charge is 0.0669 e. The number of aryl methyl sites for hydroxylation is 1. The molecule has 1 aromatic heterocycles. The Morgan fingerprint density at radius 2 is 2.11 bits per heavy atom. The third-order valence-electron chi connectivity index (χ3n) is 3.04. The van der Waals surface area contributed by atoms with Crippen LogP contribution < -0.4 is 5.32 Å². The van der Waals surface area contributed by atoms with E-state index < -0.39 is 0 Å². The Bertz CT molecular complexity index is 502. The first kappa shape index (κ1) is 13.4. The lowest BCUT2D eigenvalue weighted by Gasteiger charge is -2.09. The van der Waals surface area contributed by atoms with Gasteiger partial charge in [0.15, 0.2) is 0 Å². The predicted octanol–water partition coefficient (Wildman–Crippen LogP) is 3.93. The van der Waals surface area contributed by atoms with E-state index in [2.05, 4.69) is 42.1 Å². The van der Waals surface area contributed by atoms with Crippen molar-refractivity contribution in [1.82, 2.24) is 9.88 Å². The van der Waals surface area contributed by atoms with Gasteiger partial charge in [0.2, 0.25) is 0 Å². The van der Waals surface area contributed by atoms with Gasteiger partial charge in [0.1, 0.15) is 0 Å². The molecular weight excluding hydrogens is 244 g/mol. The largest absolute Gasteiger partial charge is 0.346 e. The van der Waals surface area contributed by atoms with Gasteiger partial charge in [-0.3, -0.25) is 0 Å². The summed E-state index contributed by atoms with van der Waals surface area (Å²) in [6, 6.07) is 8.19. The topological polar surface area (TPSA) is 17.0 Å². The highest BCUT2D eigenvalue weighted by molar-refractivity contribution is 6.35. The zero-order valence-electron chi connectivity index (χ0n) is 11.1. The number of para-hydroxylation sites is 1. The first-order chi connectivity index (χ1) is 8.68. The average Bonchev–Trinajstić information content (AvgIpc) is 2.73. The monoisotopic (exact) mass is 264 g/mol. The van der Waals surface area contributed by atoms with Gasteiger partial charge in [-0.2, -0.15) is 0 Å². The fraction of sp³-hybridized carbons (Fsp3) is 0.467. The number of hydrogen-bond acceptors (Lipinski definition) is 1. The van der Waals surface area contributed by atoms with Crippen molar-refractivity contribution in [2.45, 2.75) is 26.8 Å². The molecule has 0 radical (unpaired) electrons. The molecule has 18 heavy (non-hydrogen) atoms. The zero-order chi connectivity index (χ0) is 13.0. The number of nitrogens with zero attached hydrogens (tertiary/aromatic N) is 1. The predicted molar refractivity (Wildman–Crippen MR) is 79.3 cm³/mol. The van der Waals surface area contributed by atoms with E-state index in [-0.39, 0.29) is 0 Å². The highest BCUT2D eigenvalue weighted by Crippen LogP contribution is 2.24. The molecule has 0 fully saturated rings. The molecule has 0 atom stereocenters. The molecule has 0 saturated carbocycles. The van der Waals surface area contributed by atoms with Crippen LogP contribution in [0.3, 0.4) is 0 Å². The Morgan fingerprint density at radius 1 is 1.28 bits per heavy atom. The van der Waals surface area contributed by atoms with E-state index in [1.807, 2.05) is 12.1 Å². The number of aromatic nitrogens is 1. The number of rotatable bonds is 6. The fourth-order valence-corrected chi connectivity index (χ4v) is 2.46. The van der Waals surface area contributed by atoms with E-state index in [1.165, 1.54) is 5.39 Å². The van der Waals surface area contributed by atoms with Crippen LogP contribution in [0, 0.1) is 5.92 Å². The van der Waals surface area contributed by atoms with Gasteiger partial charge in [-0.25, -0.2) is 0 Å². The lowest BCUT2D eigenvalue weighted by Crippen LogP contribution is -2.21. The van der Waals surface area contributed by atoms with Crippen LogP contribution in [0.2, 0.25) is 5.02 Å². The van der Waals surface area contributed by atoms with Crippen LogP contribution in [-0.4, -0.2) is 17.7 Å². The summed E-state index contributed by atoms with van der Waals surface area (Å²) in [5.74, 6) is 0.715. The van der Waals surface area contributed by atoms with Crippen LogP contribution in [0.15, 0.2) is 30.5 Å². The standard InChI is InChI=1S/C15H21ClN2/c1-12(2)11-17-8-4-9-18-10-7-13-5-3-6-14(16)15(13)18/h3,5-7,10,12,17H,4,8-9,11H2,1-2H3. The van der Waals surface area contributed by atoms with Crippen LogP contribution in [-0.2, 0) is 6.54 Å². The third-order valence-corrected chi connectivity index (χ3v) is 3.35. The van der Waals surface area contributed by atoms with E-state index in [4.69, 9.17) is 11.6 Å². The quantitative estimate of drug-likeness (QED) is 0.783. The van der Waals surface area contributed by atoms with Crippen molar-refractivity contribution >= 4 is 22.5 Å². The van der Waals surface area contributed by atoms with Crippen molar-refractivity contribution in [2.24, 2.45) is 5.92 Å². The van der Waals surface area contributed by atoms with Gasteiger partial charge in [0.05, 0.1) is 10.5 Å². The molecule has 2 nitrogen and oxygen atoms in total. The summed E-state index contributed by atoms with van der Waals surface area (Å²) in [5.41, 5.74) is 1.16. The second-order valence-corrected chi connectivity index (χ2v) is 5.55. The molecule has 0 aliphatic rings. The molecule has 0 saturated heterocycles. The Labute approximate surface area is 114 Å². The molecule has 0 unspecified atom stereocenters. The van der Waals surface area contributed by atoms with Crippen molar-refractivity contribution in [3.8, 4) is 0 Å². The number of hydrogen-bond donors (Lipinski definition) is 1. The van der Waals surface area contributed by atoms with Crippen LogP contribution in [0.4, 0.5) is 0 Å². The number of fused-ring (bicyclic) bond motifs is 1. The molecule has 2 aromatic rings. The second kappa shape index (κ2) is 6.26. The van der Waals surface area contributed by atoms with Gasteiger partial charge in [-0.05, 0) is 37.6 Å². The first-order valence-corrected chi connectivity index (χ1v) is 7.00. The van der Waals surface area contributed by atoms with E-state index in [1.54, 1.807) is 0 Å². The Kier molecular flexibility index (Phi) is 4.67. The molecule has 0 bridgehead atoms. The lowest BCUT2D eigenvalue weighted by atomic mass is 10.2. The molecule has 0 aliphatic heterocycles. The van der Waals surface area contributed by atoms with Crippen molar-refractivity contribution in [3.05, 3.63) is 35.5 Å². The molecule has 0 aliphatic carbocycles. The summed E-state index contributed by atoms with van der Waals surface area (Å²) in [5, 5.41) is 5.52. The van der Waals surface area contributed by atoms with Crippen LogP contribution in [0.1, 0.15) is 20.3 Å². The normalized spacial score (nSPS) is 11.6. The maximum Gasteiger partial charge on any atom is 0.0669 e. The van der Waals surface area contributed by atoms with Crippen molar-refractivity contribution in [1.29, 1.82) is 0 Å². The Hall–Kier alpha value is -0.990. The minimum Gasteiger partial charge on any atom is -0.346 e. The molecule has 98 valence electrons. The summed E-state index contributed by atoms with van der Waals surface area (Å²) >= 11 is 6.25. The summed E-state index contributed by atoms with van der Waals surface area (Å²) < 4.78 is 2.24. The van der Waals surface area contributed by atoms with Crippen LogP contribution in [0.5, 0.6) is 0 Å². The Morgan fingerprint density at radius 3 is 2.89 bits per heavy atom. The summed E-state index contributed by atoms with van der Waals surface area (Å²) in [6.45, 7) is 7.62. The van der Waals surface area contributed by atoms with Gasteiger partial charge < -0.3 is 9.88 Å². The van der Waals surface area contributed by atoms with Crippen molar-refractivity contribution in [3.63, 3.8) is 0 Å². The number of benzene rings is 1. The maximum absolute atomic E-state index is 6.25. The highest BCUT2D eigenvalue weighted by Gasteiger charge is 2.04.